The molecule has 112 valence electrons. The number of rotatable bonds is 3. The first-order valence-electron chi connectivity index (χ1n) is 6.61. The summed E-state index contributed by atoms with van der Waals surface area (Å²) in [6, 6.07) is 10.3. The van der Waals surface area contributed by atoms with E-state index in [9.17, 15) is 5.11 Å². The second-order valence-corrected chi connectivity index (χ2v) is 4.70. The van der Waals surface area contributed by atoms with Crippen molar-refractivity contribution in [3.05, 3.63) is 36.4 Å². The first-order valence-corrected chi connectivity index (χ1v) is 6.61. The molecule has 3 aromatic rings. The van der Waals surface area contributed by atoms with Gasteiger partial charge in [-0.2, -0.15) is 0 Å². The van der Waals surface area contributed by atoms with Gasteiger partial charge in [-0.25, -0.2) is 9.97 Å². The van der Waals surface area contributed by atoms with E-state index >= 15 is 0 Å². The summed E-state index contributed by atoms with van der Waals surface area (Å²) in [4.78, 5) is 8.57. The quantitative estimate of drug-likeness (QED) is 0.772. The van der Waals surface area contributed by atoms with E-state index in [1.807, 2.05) is 6.07 Å². The van der Waals surface area contributed by atoms with Gasteiger partial charge < -0.3 is 20.3 Å². The number of hydrogen-bond donors (Lipinski definition) is 2. The van der Waals surface area contributed by atoms with Crippen LogP contribution in [-0.4, -0.2) is 29.3 Å². The van der Waals surface area contributed by atoms with Gasteiger partial charge in [-0.05, 0) is 30.3 Å². The van der Waals surface area contributed by atoms with Gasteiger partial charge in [0.25, 0.3) is 0 Å². The largest absolute Gasteiger partial charge is 0.508 e. The fraction of sp³-hybridized carbons (Fsp3) is 0.125. The number of fused-ring (bicyclic) bond motifs is 1. The van der Waals surface area contributed by atoms with Crippen LogP contribution in [0, 0.1) is 0 Å². The number of ether oxygens (including phenoxy) is 2. The molecular formula is C16H15N3O3. The highest BCUT2D eigenvalue weighted by Gasteiger charge is 2.13. The molecule has 0 fully saturated rings. The highest BCUT2D eigenvalue weighted by atomic mass is 16.5. The van der Waals surface area contributed by atoms with Gasteiger partial charge in [0.2, 0.25) is 5.95 Å². The van der Waals surface area contributed by atoms with E-state index in [2.05, 4.69) is 9.97 Å². The number of nitrogens with zero attached hydrogens (tertiary/aromatic N) is 2. The lowest BCUT2D eigenvalue weighted by atomic mass is 10.1. The van der Waals surface area contributed by atoms with Crippen LogP contribution in [0.15, 0.2) is 36.4 Å². The van der Waals surface area contributed by atoms with Gasteiger partial charge in [0.1, 0.15) is 5.75 Å². The third-order valence-electron chi connectivity index (χ3n) is 3.36. The standard InChI is InChI=1S/C16H15N3O3/c1-21-13-7-11-12(8-14(13)22-2)18-16(17)19-15(11)9-3-5-10(20)6-4-9/h3-8,20H,1-2H3,(H2,17,18,19). The SMILES string of the molecule is COc1cc2nc(N)nc(-c3ccc(O)cc3)c2cc1OC. The Morgan fingerprint density at radius 3 is 2.23 bits per heavy atom. The lowest BCUT2D eigenvalue weighted by Gasteiger charge is -2.12. The summed E-state index contributed by atoms with van der Waals surface area (Å²) in [6.45, 7) is 0. The van der Waals surface area contributed by atoms with Crippen molar-refractivity contribution in [2.24, 2.45) is 0 Å². The van der Waals surface area contributed by atoms with Crippen LogP contribution >= 0.6 is 0 Å². The molecule has 0 bridgehead atoms. The molecule has 6 nitrogen and oxygen atoms in total. The number of hydrogen-bond acceptors (Lipinski definition) is 6. The van der Waals surface area contributed by atoms with E-state index in [1.165, 1.54) is 0 Å². The van der Waals surface area contributed by atoms with Crippen LogP contribution in [0.25, 0.3) is 22.2 Å². The van der Waals surface area contributed by atoms with Crippen molar-refractivity contribution in [2.45, 2.75) is 0 Å². The molecule has 0 spiro atoms. The van der Waals surface area contributed by atoms with Crippen molar-refractivity contribution in [3.8, 4) is 28.5 Å². The van der Waals surface area contributed by atoms with E-state index in [0.29, 0.717) is 22.7 Å². The second kappa shape index (κ2) is 5.40. The normalized spacial score (nSPS) is 10.6. The predicted molar refractivity (Wildman–Crippen MR) is 84.2 cm³/mol. The topological polar surface area (TPSA) is 90.5 Å². The van der Waals surface area contributed by atoms with Crippen molar-refractivity contribution >= 4 is 16.9 Å². The van der Waals surface area contributed by atoms with Gasteiger partial charge in [0, 0.05) is 17.0 Å². The van der Waals surface area contributed by atoms with Crippen LogP contribution in [0.3, 0.4) is 0 Å². The number of phenolic OH excluding ortho intramolecular Hbond substituents is 1. The molecule has 2 aromatic carbocycles. The van der Waals surface area contributed by atoms with E-state index < -0.39 is 0 Å². The number of methoxy groups -OCH3 is 2. The van der Waals surface area contributed by atoms with Gasteiger partial charge in [0.05, 0.1) is 25.4 Å². The molecule has 0 unspecified atom stereocenters. The highest BCUT2D eigenvalue weighted by molar-refractivity contribution is 5.95. The average molecular weight is 297 g/mol. The Labute approximate surface area is 127 Å². The van der Waals surface area contributed by atoms with Crippen LogP contribution in [0.4, 0.5) is 5.95 Å². The predicted octanol–water partition coefficient (Wildman–Crippen LogP) is 2.60. The molecule has 6 heteroatoms. The highest BCUT2D eigenvalue weighted by Crippen LogP contribution is 2.36. The monoisotopic (exact) mass is 297 g/mol. The third-order valence-corrected chi connectivity index (χ3v) is 3.36. The van der Waals surface area contributed by atoms with E-state index in [-0.39, 0.29) is 11.7 Å². The number of benzene rings is 2. The molecule has 0 saturated carbocycles. The van der Waals surface area contributed by atoms with Crippen LogP contribution in [0.1, 0.15) is 0 Å². The Bertz CT molecular complexity index is 832. The van der Waals surface area contributed by atoms with E-state index in [1.54, 1.807) is 44.6 Å². The number of aromatic nitrogens is 2. The Kier molecular flexibility index (Phi) is 3.42. The van der Waals surface area contributed by atoms with Crippen molar-refractivity contribution in [1.29, 1.82) is 0 Å². The zero-order chi connectivity index (χ0) is 15.7. The average Bonchev–Trinajstić information content (AvgIpc) is 2.53. The molecule has 0 aliphatic carbocycles. The van der Waals surface area contributed by atoms with Crippen LogP contribution in [0.2, 0.25) is 0 Å². The van der Waals surface area contributed by atoms with Gasteiger partial charge in [-0.1, -0.05) is 0 Å². The van der Waals surface area contributed by atoms with Gasteiger partial charge in [0.15, 0.2) is 11.5 Å². The molecule has 3 rings (SSSR count). The fourth-order valence-corrected chi connectivity index (χ4v) is 2.31. The minimum Gasteiger partial charge on any atom is -0.508 e. The van der Waals surface area contributed by atoms with Gasteiger partial charge in [-0.15, -0.1) is 0 Å². The van der Waals surface area contributed by atoms with Crippen molar-refractivity contribution in [2.75, 3.05) is 20.0 Å². The third kappa shape index (κ3) is 2.35. The van der Waals surface area contributed by atoms with Gasteiger partial charge in [-0.3, -0.25) is 0 Å². The van der Waals surface area contributed by atoms with E-state index in [0.717, 1.165) is 10.9 Å². The summed E-state index contributed by atoms with van der Waals surface area (Å²) in [5.74, 6) is 1.52. The summed E-state index contributed by atoms with van der Waals surface area (Å²) in [7, 11) is 3.14. The molecule has 0 saturated heterocycles. The van der Waals surface area contributed by atoms with Gasteiger partial charge >= 0.3 is 0 Å². The summed E-state index contributed by atoms with van der Waals surface area (Å²) in [6.07, 6.45) is 0. The van der Waals surface area contributed by atoms with Crippen molar-refractivity contribution in [1.82, 2.24) is 9.97 Å². The minimum absolute atomic E-state index is 0.169. The Balaban J connectivity index is 2.31. The molecule has 22 heavy (non-hydrogen) atoms. The summed E-state index contributed by atoms with van der Waals surface area (Å²) >= 11 is 0. The summed E-state index contributed by atoms with van der Waals surface area (Å²) in [5.41, 5.74) is 7.96. The summed E-state index contributed by atoms with van der Waals surface area (Å²) in [5, 5.41) is 10.2. The second-order valence-electron chi connectivity index (χ2n) is 4.70. The molecule has 0 radical (unpaired) electrons. The molecule has 1 heterocycles. The van der Waals surface area contributed by atoms with Crippen molar-refractivity contribution in [3.63, 3.8) is 0 Å². The maximum atomic E-state index is 9.43. The minimum atomic E-state index is 0.169. The molecular weight excluding hydrogens is 282 g/mol. The lowest BCUT2D eigenvalue weighted by Crippen LogP contribution is -1.99. The zero-order valence-electron chi connectivity index (χ0n) is 12.2. The number of aromatic hydroxyl groups is 1. The molecule has 1 aromatic heterocycles. The molecule has 3 N–H and O–H groups in total. The zero-order valence-corrected chi connectivity index (χ0v) is 12.2. The summed E-state index contributed by atoms with van der Waals surface area (Å²) < 4.78 is 10.6. The number of phenols is 1. The number of anilines is 1. The maximum absolute atomic E-state index is 9.43. The smallest absolute Gasteiger partial charge is 0.221 e. The first kappa shape index (κ1) is 13.9. The Morgan fingerprint density at radius 2 is 1.59 bits per heavy atom. The fourth-order valence-electron chi connectivity index (χ4n) is 2.31. The number of nitrogen functional groups attached to an aromatic ring is 1. The maximum Gasteiger partial charge on any atom is 0.221 e. The first-order chi connectivity index (χ1) is 10.6. The molecule has 0 amide bonds. The molecule has 0 atom stereocenters. The number of nitrogens with two attached hydrogens (primary N) is 1. The van der Waals surface area contributed by atoms with Crippen molar-refractivity contribution < 1.29 is 14.6 Å². The molecule has 0 aliphatic rings. The Hall–Kier alpha value is -3.02. The van der Waals surface area contributed by atoms with Crippen LogP contribution < -0.4 is 15.2 Å². The lowest BCUT2D eigenvalue weighted by molar-refractivity contribution is 0.356. The Morgan fingerprint density at radius 1 is 0.955 bits per heavy atom. The molecule has 0 aliphatic heterocycles. The van der Waals surface area contributed by atoms with E-state index in [4.69, 9.17) is 15.2 Å². The van der Waals surface area contributed by atoms with Crippen LogP contribution in [-0.2, 0) is 0 Å². The van der Waals surface area contributed by atoms with Crippen LogP contribution in [0.5, 0.6) is 17.2 Å².